The third kappa shape index (κ3) is 2.83. The van der Waals surface area contributed by atoms with E-state index >= 15 is 0 Å². The van der Waals surface area contributed by atoms with Gasteiger partial charge in [0.1, 0.15) is 12.6 Å². The van der Waals surface area contributed by atoms with E-state index in [1.807, 2.05) is 6.07 Å². The highest BCUT2D eigenvalue weighted by Crippen LogP contribution is 2.13. The maximum atomic E-state index is 12.0. The molecule has 0 bridgehead atoms. The number of nitrogens with one attached hydrogen (secondary N) is 1. The highest BCUT2D eigenvalue weighted by Gasteiger charge is 2.31. The Kier molecular flexibility index (Phi) is 3.66. The minimum absolute atomic E-state index is 0.306. The molecule has 1 unspecified atom stereocenters. The van der Waals surface area contributed by atoms with Crippen LogP contribution in [0.5, 0.6) is 0 Å². The molecule has 2 rings (SSSR count). The van der Waals surface area contributed by atoms with Crippen LogP contribution in [-0.4, -0.2) is 36.1 Å². The van der Waals surface area contributed by atoms with Crippen LogP contribution in [0.4, 0.5) is 10.5 Å². The van der Waals surface area contributed by atoms with Crippen molar-refractivity contribution in [1.29, 1.82) is 5.26 Å². The van der Waals surface area contributed by atoms with Gasteiger partial charge in [0, 0.05) is 5.69 Å². The predicted molar refractivity (Wildman–Crippen MR) is 67.3 cm³/mol. The van der Waals surface area contributed by atoms with Crippen molar-refractivity contribution in [2.75, 3.05) is 18.5 Å². The minimum Gasteiger partial charge on any atom is -0.448 e. The fraction of sp³-hybridized carbons (Fsp3) is 0.308. The SMILES string of the molecule is CC(C(=O)Nc1cccc(C#N)c1)N1CCOC1=O. The van der Waals surface area contributed by atoms with Crippen molar-refractivity contribution < 1.29 is 14.3 Å². The van der Waals surface area contributed by atoms with Crippen LogP contribution >= 0.6 is 0 Å². The normalized spacial score (nSPS) is 15.6. The maximum Gasteiger partial charge on any atom is 0.410 e. The lowest BCUT2D eigenvalue weighted by molar-refractivity contribution is -0.119. The molecule has 1 atom stereocenters. The summed E-state index contributed by atoms with van der Waals surface area (Å²) in [5, 5.41) is 11.5. The molecule has 6 heteroatoms. The fourth-order valence-electron chi connectivity index (χ4n) is 1.81. The number of benzene rings is 1. The summed E-state index contributed by atoms with van der Waals surface area (Å²) in [5.41, 5.74) is 0.995. The first-order valence-corrected chi connectivity index (χ1v) is 5.86. The van der Waals surface area contributed by atoms with Gasteiger partial charge in [0.2, 0.25) is 5.91 Å². The van der Waals surface area contributed by atoms with Crippen LogP contribution in [0.1, 0.15) is 12.5 Å². The molecular weight excluding hydrogens is 246 g/mol. The number of ether oxygens (including phenoxy) is 1. The van der Waals surface area contributed by atoms with Gasteiger partial charge in [-0.05, 0) is 25.1 Å². The van der Waals surface area contributed by atoms with Crippen LogP contribution in [0.2, 0.25) is 0 Å². The lowest BCUT2D eigenvalue weighted by Crippen LogP contribution is -2.42. The summed E-state index contributed by atoms with van der Waals surface area (Å²) in [4.78, 5) is 24.7. The summed E-state index contributed by atoms with van der Waals surface area (Å²) in [7, 11) is 0. The molecule has 1 heterocycles. The Morgan fingerprint density at radius 1 is 1.58 bits per heavy atom. The Labute approximate surface area is 110 Å². The van der Waals surface area contributed by atoms with Crippen LogP contribution in [0.15, 0.2) is 24.3 Å². The first kappa shape index (κ1) is 12.9. The zero-order chi connectivity index (χ0) is 13.8. The van der Waals surface area contributed by atoms with Crippen LogP contribution in [0.3, 0.4) is 0 Å². The number of carbonyl (C=O) groups excluding carboxylic acids is 2. The Balaban J connectivity index is 2.04. The highest BCUT2D eigenvalue weighted by molar-refractivity contribution is 5.96. The largest absolute Gasteiger partial charge is 0.448 e. The highest BCUT2D eigenvalue weighted by atomic mass is 16.6. The number of hydrogen-bond acceptors (Lipinski definition) is 4. The number of carbonyl (C=O) groups is 2. The standard InChI is InChI=1S/C13H13N3O3/c1-9(16-5-6-19-13(16)18)12(17)15-11-4-2-3-10(7-11)8-14/h2-4,7,9H,5-6H2,1H3,(H,15,17). The van der Waals surface area contributed by atoms with Crippen LogP contribution in [0.25, 0.3) is 0 Å². The molecule has 1 aromatic rings. The van der Waals surface area contributed by atoms with Crippen molar-refractivity contribution >= 4 is 17.7 Å². The fourth-order valence-corrected chi connectivity index (χ4v) is 1.81. The van der Waals surface area contributed by atoms with Gasteiger partial charge >= 0.3 is 6.09 Å². The van der Waals surface area contributed by atoms with Crippen molar-refractivity contribution in [3.63, 3.8) is 0 Å². The van der Waals surface area contributed by atoms with Crippen molar-refractivity contribution in [2.45, 2.75) is 13.0 Å². The molecule has 1 N–H and O–H groups in total. The lowest BCUT2D eigenvalue weighted by atomic mass is 10.2. The van der Waals surface area contributed by atoms with Crippen LogP contribution in [-0.2, 0) is 9.53 Å². The molecule has 1 aromatic carbocycles. The van der Waals surface area contributed by atoms with Crippen molar-refractivity contribution in [1.82, 2.24) is 4.90 Å². The van der Waals surface area contributed by atoms with Gasteiger partial charge in [0.25, 0.3) is 0 Å². The average molecular weight is 259 g/mol. The summed E-state index contributed by atoms with van der Waals surface area (Å²) in [6, 6.07) is 7.98. The molecule has 2 amide bonds. The Hall–Kier alpha value is -2.55. The molecule has 1 aliphatic rings. The van der Waals surface area contributed by atoms with E-state index in [-0.39, 0.29) is 5.91 Å². The van der Waals surface area contributed by atoms with Crippen molar-refractivity contribution in [2.24, 2.45) is 0 Å². The summed E-state index contributed by atoms with van der Waals surface area (Å²) >= 11 is 0. The summed E-state index contributed by atoms with van der Waals surface area (Å²) in [6.45, 7) is 2.35. The van der Waals surface area contributed by atoms with Gasteiger partial charge in [0.05, 0.1) is 18.2 Å². The molecule has 19 heavy (non-hydrogen) atoms. The third-order valence-electron chi connectivity index (χ3n) is 2.90. The number of nitriles is 1. The Morgan fingerprint density at radius 2 is 2.37 bits per heavy atom. The molecule has 0 radical (unpaired) electrons. The number of nitrogens with zero attached hydrogens (tertiary/aromatic N) is 2. The van der Waals surface area contributed by atoms with Gasteiger partial charge in [-0.15, -0.1) is 0 Å². The molecule has 6 nitrogen and oxygen atoms in total. The average Bonchev–Trinajstić information content (AvgIpc) is 2.84. The molecule has 1 aliphatic heterocycles. The Bertz CT molecular complexity index is 550. The smallest absolute Gasteiger partial charge is 0.410 e. The van der Waals surface area contributed by atoms with E-state index in [1.165, 1.54) is 4.90 Å². The molecule has 0 spiro atoms. The molecular formula is C13H13N3O3. The second kappa shape index (κ2) is 5.40. The molecule has 1 saturated heterocycles. The van der Waals surface area contributed by atoms with E-state index in [0.717, 1.165) is 0 Å². The van der Waals surface area contributed by atoms with Gasteiger partial charge in [-0.25, -0.2) is 4.79 Å². The summed E-state index contributed by atoms with van der Waals surface area (Å²) in [6.07, 6.45) is -0.478. The second-order valence-corrected chi connectivity index (χ2v) is 4.17. The number of amides is 2. The van der Waals surface area contributed by atoms with Gasteiger partial charge in [-0.1, -0.05) is 6.07 Å². The quantitative estimate of drug-likeness (QED) is 0.887. The second-order valence-electron chi connectivity index (χ2n) is 4.17. The first-order chi connectivity index (χ1) is 9.11. The zero-order valence-corrected chi connectivity index (χ0v) is 10.4. The first-order valence-electron chi connectivity index (χ1n) is 5.86. The van der Waals surface area contributed by atoms with Crippen LogP contribution in [0, 0.1) is 11.3 Å². The molecule has 0 aliphatic carbocycles. The number of cyclic esters (lactones) is 1. The van der Waals surface area contributed by atoms with Gasteiger partial charge < -0.3 is 10.1 Å². The zero-order valence-electron chi connectivity index (χ0n) is 10.4. The van der Waals surface area contributed by atoms with Crippen molar-refractivity contribution in [3.05, 3.63) is 29.8 Å². The topological polar surface area (TPSA) is 82.4 Å². The van der Waals surface area contributed by atoms with Crippen molar-refractivity contribution in [3.8, 4) is 6.07 Å². The summed E-state index contributed by atoms with van der Waals surface area (Å²) in [5.74, 6) is -0.311. The van der Waals surface area contributed by atoms with E-state index in [1.54, 1.807) is 31.2 Å². The molecule has 98 valence electrons. The number of rotatable bonds is 3. The van der Waals surface area contributed by atoms with Gasteiger partial charge in [-0.2, -0.15) is 5.26 Å². The predicted octanol–water partition coefficient (Wildman–Crippen LogP) is 1.34. The molecule has 0 saturated carbocycles. The van der Waals surface area contributed by atoms with E-state index in [2.05, 4.69) is 5.32 Å². The van der Waals surface area contributed by atoms with Gasteiger partial charge in [0.15, 0.2) is 0 Å². The molecule has 1 fully saturated rings. The van der Waals surface area contributed by atoms with E-state index < -0.39 is 12.1 Å². The van der Waals surface area contributed by atoms with Crippen LogP contribution < -0.4 is 5.32 Å². The van der Waals surface area contributed by atoms with E-state index in [0.29, 0.717) is 24.4 Å². The third-order valence-corrected chi connectivity index (χ3v) is 2.90. The monoisotopic (exact) mass is 259 g/mol. The van der Waals surface area contributed by atoms with E-state index in [9.17, 15) is 9.59 Å². The lowest BCUT2D eigenvalue weighted by Gasteiger charge is -2.20. The maximum absolute atomic E-state index is 12.0. The molecule has 0 aromatic heterocycles. The van der Waals surface area contributed by atoms with E-state index in [4.69, 9.17) is 10.00 Å². The minimum atomic E-state index is -0.610. The summed E-state index contributed by atoms with van der Waals surface area (Å²) < 4.78 is 4.79. The van der Waals surface area contributed by atoms with Gasteiger partial charge in [-0.3, -0.25) is 9.69 Å². The number of hydrogen-bond donors (Lipinski definition) is 1. The Morgan fingerprint density at radius 3 is 3.00 bits per heavy atom. The number of anilines is 1.